The van der Waals surface area contributed by atoms with Gasteiger partial charge in [-0.3, -0.25) is 4.79 Å². The molecule has 1 aromatic rings. The minimum atomic E-state index is 0.0699. The van der Waals surface area contributed by atoms with Crippen molar-refractivity contribution < 1.29 is 4.79 Å². The number of amides is 1. The van der Waals surface area contributed by atoms with Crippen molar-refractivity contribution >= 4 is 17.5 Å². The van der Waals surface area contributed by atoms with Crippen LogP contribution in [0, 0.1) is 0 Å². The Bertz CT molecular complexity index is 376. The summed E-state index contributed by atoms with van der Waals surface area (Å²) in [6.45, 7) is 5.66. The van der Waals surface area contributed by atoms with Crippen LogP contribution in [0.5, 0.6) is 0 Å². The molecule has 0 radical (unpaired) electrons. The lowest BCUT2D eigenvalue weighted by atomic mass is 10.1. The standard InChI is InChI=1S/C14H19ClN2O/c1-2-9-16-10-8-14(18)17-11-7-12-3-5-13(15)6-4-12/h2-6,16H,1,7-11H2,(H,17,18). The van der Waals surface area contributed by atoms with E-state index in [0.717, 1.165) is 18.0 Å². The van der Waals surface area contributed by atoms with E-state index in [1.165, 1.54) is 5.56 Å². The normalized spacial score (nSPS) is 10.1. The lowest BCUT2D eigenvalue weighted by Crippen LogP contribution is -2.29. The molecule has 0 heterocycles. The Morgan fingerprint density at radius 2 is 2.00 bits per heavy atom. The summed E-state index contributed by atoms with van der Waals surface area (Å²) in [5.41, 5.74) is 1.17. The molecule has 1 aromatic carbocycles. The summed E-state index contributed by atoms with van der Waals surface area (Å²) in [4.78, 5) is 11.5. The van der Waals surface area contributed by atoms with Crippen molar-refractivity contribution in [3.63, 3.8) is 0 Å². The van der Waals surface area contributed by atoms with Gasteiger partial charge in [0.2, 0.25) is 5.91 Å². The van der Waals surface area contributed by atoms with Gasteiger partial charge in [0.15, 0.2) is 0 Å². The fourth-order valence-electron chi connectivity index (χ4n) is 1.49. The Balaban J connectivity index is 2.11. The van der Waals surface area contributed by atoms with Crippen LogP contribution < -0.4 is 10.6 Å². The van der Waals surface area contributed by atoms with Crippen LogP contribution in [0.4, 0.5) is 0 Å². The summed E-state index contributed by atoms with van der Waals surface area (Å²) < 4.78 is 0. The Labute approximate surface area is 113 Å². The summed E-state index contributed by atoms with van der Waals surface area (Å²) >= 11 is 5.80. The molecule has 2 N–H and O–H groups in total. The van der Waals surface area contributed by atoms with Gasteiger partial charge in [0, 0.05) is 31.1 Å². The highest BCUT2D eigenvalue weighted by atomic mass is 35.5. The van der Waals surface area contributed by atoms with Crippen molar-refractivity contribution in [2.45, 2.75) is 12.8 Å². The van der Waals surface area contributed by atoms with Crippen LogP contribution >= 0.6 is 11.6 Å². The Morgan fingerprint density at radius 3 is 2.67 bits per heavy atom. The molecule has 0 saturated carbocycles. The molecule has 0 saturated heterocycles. The fraction of sp³-hybridized carbons (Fsp3) is 0.357. The van der Waals surface area contributed by atoms with Crippen LogP contribution in [-0.4, -0.2) is 25.5 Å². The number of benzene rings is 1. The second kappa shape index (κ2) is 8.72. The summed E-state index contributed by atoms with van der Waals surface area (Å²) in [5, 5.41) is 6.70. The van der Waals surface area contributed by atoms with E-state index in [0.29, 0.717) is 19.5 Å². The predicted octanol–water partition coefficient (Wildman–Crippen LogP) is 2.16. The topological polar surface area (TPSA) is 41.1 Å². The monoisotopic (exact) mass is 266 g/mol. The summed E-state index contributed by atoms with van der Waals surface area (Å²) in [5.74, 6) is 0.0699. The van der Waals surface area contributed by atoms with Crippen LogP contribution in [0.2, 0.25) is 5.02 Å². The molecule has 1 amide bonds. The van der Waals surface area contributed by atoms with Crippen molar-refractivity contribution in [1.29, 1.82) is 0 Å². The lowest BCUT2D eigenvalue weighted by molar-refractivity contribution is -0.120. The van der Waals surface area contributed by atoms with Crippen LogP contribution in [0.25, 0.3) is 0 Å². The second-order valence-electron chi connectivity index (χ2n) is 3.97. The van der Waals surface area contributed by atoms with Gasteiger partial charge in [-0.2, -0.15) is 0 Å². The first-order valence-electron chi connectivity index (χ1n) is 6.05. The number of carbonyl (C=O) groups is 1. The molecule has 0 aliphatic rings. The maximum absolute atomic E-state index is 11.5. The summed E-state index contributed by atoms with van der Waals surface area (Å²) in [7, 11) is 0. The van der Waals surface area contributed by atoms with Crippen molar-refractivity contribution in [3.8, 4) is 0 Å². The number of carbonyl (C=O) groups excluding carboxylic acids is 1. The summed E-state index contributed by atoms with van der Waals surface area (Å²) in [6, 6.07) is 7.66. The SMILES string of the molecule is C=CCNCCC(=O)NCCc1ccc(Cl)cc1. The molecule has 0 aliphatic heterocycles. The van der Waals surface area contributed by atoms with Crippen LogP contribution in [-0.2, 0) is 11.2 Å². The maximum Gasteiger partial charge on any atom is 0.221 e. The Morgan fingerprint density at radius 1 is 1.28 bits per heavy atom. The highest BCUT2D eigenvalue weighted by Crippen LogP contribution is 2.09. The quantitative estimate of drug-likeness (QED) is 0.559. The van der Waals surface area contributed by atoms with Crippen molar-refractivity contribution in [1.82, 2.24) is 10.6 Å². The smallest absolute Gasteiger partial charge is 0.221 e. The van der Waals surface area contributed by atoms with Gasteiger partial charge in [0.25, 0.3) is 0 Å². The molecule has 4 heteroatoms. The molecular weight excluding hydrogens is 248 g/mol. The van der Waals surface area contributed by atoms with Crippen LogP contribution in [0.3, 0.4) is 0 Å². The van der Waals surface area contributed by atoms with E-state index in [9.17, 15) is 4.79 Å². The second-order valence-corrected chi connectivity index (χ2v) is 4.41. The molecule has 0 bridgehead atoms. The maximum atomic E-state index is 11.5. The average molecular weight is 267 g/mol. The molecule has 0 atom stereocenters. The average Bonchev–Trinajstić information content (AvgIpc) is 2.37. The fourth-order valence-corrected chi connectivity index (χ4v) is 1.62. The van der Waals surface area contributed by atoms with Gasteiger partial charge in [-0.15, -0.1) is 6.58 Å². The number of rotatable bonds is 8. The lowest BCUT2D eigenvalue weighted by Gasteiger charge is -2.06. The molecule has 0 aromatic heterocycles. The third kappa shape index (κ3) is 6.42. The zero-order chi connectivity index (χ0) is 13.2. The van der Waals surface area contributed by atoms with Gasteiger partial charge < -0.3 is 10.6 Å². The minimum absolute atomic E-state index is 0.0699. The number of hydrogen-bond donors (Lipinski definition) is 2. The van der Waals surface area contributed by atoms with Gasteiger partial charge in [-0.05, 0) is 24.1 Å². The number of halogens is 1. The molecule has 0 unspecified atom stereocenters. The van der Waals surface area contributed by atoms with E-state index in [1.54, 1.807) is 6.08 Å². The van der Waals surface area contributed by atoms with Crippen molar-refractivity contribution in [3.05, 3.63) is 47.5 Å². The van der Waals surface area contributed by atoms with Gasteiger partial charge in [-0.1, -0.05) is 29.8 Å². The van der Waals surface area contributed by atoms with E-state index in [4.69, 9.17) is 11.6 Å². The van der Waals surface area contributed by atoms with E-state index < -0.39 is 0 Å². The van der Waals surface area contributed by atoms with Crippen molar-refractivity contribution in [2.75, 3.05) is 19.6 Å². The third-order valence-electron chi connectivity index (χ3n) is 2.47. The molecule has 98 valence electrons. The number of hydrogen-bond acceptors (Lipinski definition) is 2. The van der Waals surface area contributed by atoms with Gasteiger partial charge in [-0.25, -0.2) is 0 Å². The highest BCUT2D eigenvalue weighted by molar-refractivity contribution is 6.30. The first kappa shape index (κ1) is 14.7. The molecule has 0 fully saturated rings. The molecule has 3 nitrogen and oxygen atoms in total. The molecule has 18 heavy (non-hydrogen) atoms. The Kier molecular flexibility index (Phi) is 7.14. The van der Waals surface area contributed by atoms with E-state index in [1.807, 2.05) is 24.3 Å². The third-order valence-corrected chi connectivity index (χ3v) is 2.72. The Hall–Kier alpha value is -1.32. The zero-order valence-corrected chi connectivity index (χ0v) is 11.2. The predicted molar refractivity (Wildman–Crippen MR) is 75.8 cm³/mol. The van der Waals surface area contributed by atoms with Gasteiger partial charge in [0.1, 0.15) is 0 Å². The largest absolute Gasteiger partial charge is 0.356 e. The highest BCUT2D eigenvalue weighted by Gasteiger charge is 2.00. The minimum Gasteiger partial charge on any atom is -0.356 e. The van der Waals surface area contributed by atoms with Crippen LogP contribution in [0.15, 0.2) is 36.9 Å². The molecular formula is C14H19ClN2O. The molecule has 0 spiro atoms. The summed E-state index contributed by atoms with van der Waals surface area (Å²) in [6.07, 6.45) is 3.09. The van der Waals surface area contributed by atoms with Crippen molar-refractivity contribution in [2.24, 2.45) is 0 Å². The van der Waals surface area contributed by atoms with Gasteiger partial charge >= 0.3 is 0 Å². The van der Waals surface area contributed by atoms with E-state index in [-0.39, 0.29) is 5.91 Å². The first-order valence-corrected chi connectivity index (χ1v) is 6.43. The van der Waals surface area contributed by atoms with Crippen LogP contribution in [0.1, 0.15) is 12.0 Å². The van der Waals surface area contributed by atoms with E-state index in [2.05, 4.69) is 17.2 Å². The first-order chi connectivity index (χ1) is 8.72. The van der Waals surface area contributed by atoms with Gasteiger partial charge in [0.05, 0.1) is 0 Å². The van der Waals surface area contributed by atoms with E-state index >= 15 is 0 Å². The number of nitrogens with one attached hydrogen (secondary N) is 2. The zero-order valence-electron chi connectivity index (χ0n) is 10.4. The molecule has 0 aliphatic carbocycles. The molecule has 1 rings (SSSR count).